The monoisotopic (exact) mass is 228 g/mol. The Balaban J connectivity index is 2.38. The summed E-state index contributed by atoms with van der Waals surface area (Å²) in [5.74, 6) is -0.760. The van der Waals surface area contributed by atoms with E-state index in [2.05, 4.69) is 13.2 Å². The Labute approximate surface area is 96.7 Å². The summed E-state index contributed by atoms with van der Waals surface area (Å²) >= 11 is 0. The molecule has 16 heavy (non-hydrogen) atoms. The molecule has 0 aromatic rings. The average Bonchev–Trinajstić information content (AvgIpc) is 2.31. The van der Waals surface area contributed by atoms with Crippen molar-refractivity contribution < 1.29 is 19.6 Å². The summed E-state index contributed by atoms with van der Waals surface area (Å²) in [6.45, 7) is 7.78. The van der Waals surface area contributed by atoms with Gasteiger partial charge < -0.3 is 0 Å². The minimum Gasteiger partial charge on any atom is -0.229 e. The van der Waals surface area contributed by atoms with Crippen LogP contribution in [0.25, 0.3) is 0 Å². The van der Waals surface area contributed by atoms with Gasteiger partial charge in [0.05, 0.1) is 0 Å². The fourth-order valence-corrected chi connectivity index (χ4v) is 1.65. The van der Waals surface area contributed by atoms with Gasteiger partial charge in [0, 0.05) is 12.8 Å². The van der Waals surface area contributed by atoms with E-state index in [1.54, 1.807) is 12.2 Å². The molecule has 0 bridgehead atoms. The maximum atomic E-state index is 5.30. The fraction of sp³-hybridized carbons (Fsp3) is 0.667. The quantitative estimate of drug-likeness (QED) is 0.210. The van der Waals surface area contributed by atoms with E-state index in [0.717, 1.165) is 25.7 Å². The van der Waals surface area contributed by atoms with E-state index in [0.29, 0.717) is 13.2 Å². The van der Waals surface area contributed by atoms with Gasteiger partial charge in [0.2, 0.25) is 5.79 Å². The fourth-order valence-electron chi connectivity index (χ4n) is 1.65. The first-order chi connectivity index (χ1) is 7.83. The summed E-state index contributed by atoms with van der Waals surface area (Å²) in [5, 5.41) is 0. The van der Waals surface area contributed by atoms with Gasteiger partial charge in [-0.15, -0.1) is 13.2 Å². The number of hydrogen-bond donors (Lipinski definition) is 0. The average molecular weight is 228 g/mol. The summed E-state index contributed by atoms with van der Waals surface area (Å²) < 4.78 is 0. The van der Waals surface area contributed by atoms with Gasteiger partial charge in [-0.25, -0.2) is 9.78 Å². The van der Waals surface area contributed by atoms with Gasteiger partial charge >= 0.3 is 0 Å². The summed E-state index contributed by atoms with van der Waals surface area (Å²) in [5.41, 5.74) is 0. The van der Waals surface area contributed by atoms with Crippen LogP contribution in [-0.4, -0.2) is 19.0 Å². The van der Waals surface area contributed by atoms with Crippen molar-refractivity contribution >= 4 is 0 Å². The van der Waals surface area contributed by atoms with E-state index in [1.807, 2.05) is 0 Å². The molecule has 4 heteroatoms. The third-order valence-corrected chi connectivity index (χ3v) is 2.41. The third kappa shape index (κ3) is 4.45. The molecule has 0 radical (unpaired) electrons. The lowest BCUT2D eigenvalue weighted by atomic mass is 9.94. The summed E-state index contributed by atoms with van der Waals surface area (Å²) in [4.78, 5) is 20.6. The molecule has 0 aromatic heterocycles. The van der Waals surface area contributed by atoms with E-state index in [-0.39, 0.29) is 0 Å². The molecule has 1 aliphatic carbocycles. The maximum absolute atomic E-state index is 5.30. The topological polar surface area (TPSA) is 36.9 Å². The van der Waals surface area contributed by atoms with Gasteiger partial charge in [-0.1, -0.05) is 18.6 Å². The van der Waals surface area contributed by atoms with Crippen LogP contribution in [0.15, 0.2) is 25.3 Å². The van der Waals surface area contributed by atoms with Gasteiger partial charge in [0.25, 0.3) is 0 Å². The van der Waals surface area contributed by atoms with E-state index >= 15 is 0 Å². The van der Waals surface area contributed by atoms with Crippen molar-refractivity contribution in [3.8, 4) is 0 Å². The van der Waals surface area contributed by atoms with Crippen LogP contribution in [-0.2, 0) is 19.6 Å². The zero-order valence-electron chi connectivity index (χ0n) is 9.65. The minimum atomic E-state index is -0.760. The number of rotatable bonds is 8. The Morgan fingerprint density at radius 1 is 0.875 bits per heavy atom. The maximum Gasteiger partial charge on any atom is 0.234 e. The van der Waals surface area contributed by atoms with Crippen LogP contribution >= 0.6 is 0 Å². The lowest BCUT2D eigenvalue weighted by Gasteiger charge is -2.33. The van der Waals surface area contributed by atoms with E-state index in [9.17, 15) is 0 Å². The van der Waals surface area contributed by atoms with Crippen molar-refractivity contribution in [1.29, 1.82) is 0 Å². The van der Waals surface area contributed by atoms with Crippen LogP contribution in [0, 0.1) is 0 Å². The zero-order chi connectivity index (χ0) is 11.7. The van der Waals surface area contributed by atoms with Gasteiger partial charge in [-0.05, 0) is 12.8 Å². The van der Waals surface area contributed by atoms with Crippen molar-refractivity contribution in [2.24, 2.45) is 0 Å². The van der Waals surface area contributed by atoms with Gasteiger partial charge in [0.1, 0.15) is 13.2 Å². The molecule has 0 N–H and O–H groups in total. The van der Waals surface area contributed by atoms with E-state index < -0.39 is 5.79 Å². The van der Waals surface area contributed by atoms with Crippen molar-refractivity contribution in [2.75, 3.05) is 13.2 Å². The number of hydrogen-bond acceptors (Lipinski definition) is 4. The third-order valence-electron chi connectivity index (χ3n) is 2.41. The molecule has 0 spiro atoms. The molecule has 0 aromatic carbocycles. The minimum absolute atomic E-state index is 0.340. The first-order valence-corrected chi connectivity index (χ1v) is 5.66. The molecule has 1 saturated carbocycles. The lowest BCUT2D eigenvalue weighted by molar-refractivity contribution is -0.512. The Morgan fingerprint density at radius 2 is 1.38 bits per heavy atom. The SMILES string of the molecule is C=CCOOC1(OOCC=C)CCCCC1. The highest BCUT2D eigenvalue weighted by Crippen LogP contribution is 2.33. The predicted octanol–water partition coefficient (Wildman–Crippen LogP) is 2.92. The molecule has 0 aliphatic heterocycles. The Hall–Kier alpha value is -0.680. The Kier molecular flexibility index (Phi) is 6.33. The van der Waals surface area contributed by atoms with Crippen LogP contribution < -0.4 is 0 Å². The molecule has 0 amide bonds. The van der Waals surface area contributed by atoms with Crippen LogP contribution in [0.1, 0.15) is 32.1 Å². The van der Waals surface area contributed by atoms with E-state index in [1.165, 1.54) is 6.42 Å². The largest absolute Gasteiger partial charge is 0.234 e. The second-order valence-electron chi connectivity index (χ2n) is 3.78. The van der Waals surface area contributed by atoms with Crippen molar-refractivity contribution in [1.82, 2.24) is 0 Å². The molecule has 92 valence electrons. The van der Waals surface area contributed by atoms with Gasteiger partial charge in [-0.3, -0.25) is 0 Å². The van der Waals surface area contributed by atoms with Crippen LogP contribution in [0.2, 0.25) is 0 Å². The van der Waals surface area contributed by atoms with Crippen molar-refractivity contribution in [3.63, 3.8) is 0 Å². The molecule has 1 rings (SSSR count). The molecule has 0 atom stereocenters. The van der Waals surface area contributed by atoms with Crippen LogP contribution in [0.3, 0.4) is 0 Å². The molecular formula is C12H20O4. The first kappa shape index (κ1) is 13.4. The van der Waals surface area contributed by atoms with Crippen molar-refractivity contribution in [3.05, 3.63) is 25.3 Å². The van der Waals surface area contributed by atoms with Crippen molar-refractivity contribution in [2.45, 2.75) is 37.9 Å². The van der Waals surface area contributed by atoms with Crippen LogP contribution in [0.5, 0.6) is 0 Å². The highest BCUT2D eigenvalue weighted by Gasteiger charge is 2.37. The second kappa shape index (κ2) is 7.57. The van der Waals surface area contributed by atoms with Gasteiger partial charge in [-0.2, -0.15) is 9.78 Å². The Bertz CT molecular complexity index is 193. The summed E-state index contributed by atoms with van der Waals surface area (Å²) in [7, 11) is 0. The molecule has 0 unspecified atom stereocenters. The summed E-state index contributed by atoms with van der Waals surface area (Å²) in [6.07, 6.45) is 8.10. The highest BCUT2D eigenvalue weighted by atomic mass is 17.3. The van der Waals surface area contributed by atoms with Gasteiger partial charge in [0.15, 0.2) is 0 Å². The molecule has 1 aliphatic rings. The zero-order valence-corrected chi connectivity index (χ0v) is 9.65. The normalized spacial score (nSPS) is 19.2. The highest BCUT2D eigenvalue weighted by molar-refractivity contribution is 4.73. The molecule has 0 heterocycles. The standard InChI is InChI=1S/C12H20O4/c1-3-10-13-15-12(16-14-11-4-2)8-6-5-7-9-12/h3-4H,1-2,5-11H2. The predicted molar refractivity (Wildman–Crippen MR) is 60.3 cm³/mol. The molecule has 1 fully saturated rings. The lowest BCUT2D eigenvalue weighted by Crippen LogP contribution is -2.38. The smallest absolute Gasteiger partial charge is 0.229 e. The summed E-state index contributed by atoms with van der Waals surface area (Å²) in [6, 6.07) is 0. The van der Waals surface area contributed by atoms with E-state index in [4.69, 9.17) is 19.6 Å². The molecule has 4 nitrogen and oxygen atoms in total. The first-order valence-electron chi connectivity index (χ1n) is 5.66. The molecular weight excluding hydrogens is 208 g/mol. The van der Waals surface area contributed by atoms with Crippen LogP contribution in [0.4, 0.5) is 0 Å². The molecule has 0 saturated heterocycles. The second-order valence-corrected chi connectivity index (χ2v) is 3.78. The Morgan fingerprint density at radius 3 is 1.81 bits per heavy atom.